The molecular weight excluding hydrogens is 172 g/mol. The van der Waals surface area contributed by atoms with E-state index in [-0.39, 0.29) is 0 Å². The zero-order valence-electron chi connectivity index (χ0n) is 9.54. The molecular formula is C13H20O. The first kappa shape index (κ1) is 12.8. The highest BCUT2D eigenvalue weighted by Gasteiger charge is 1.95. The lowest BCUT2D eigenvalue weighted by Crippen LogP contribution is -1.82. The molecule has 1 rings (SSSR count). The van der Waals surface area contributed by atoms with Crippen LogP contribution in [0, 0.1) is 6.92 Å². The third kappa shape index (κ3) is 4.13. The molecule has 1 N–H and O–H groups in total. The van der Waals surface area contributed by atoms with Gasteiger partial charge in [0.25, 0.3) is 0 Å². The number of rotatable bonds is 2. The van der Waals surface area contributed by atoms with Gasteiger partial charge in [0.05, 0.1) is 0 Å². The Kier molecular flexibility index (Phi) is 6.55. The monoisotopic (exact) mass is 192 g/mol. The molecule has 0 aromatic heterocycles. The van der Waals surface area contributed by atoms with E-state index in [4.69, 9.17) is 0 Å². The van der Waals surface area contributed by atoms with Crippen LogP contribution in [0.3, 0.4) is 0 Å². The van der Waals surface area contributed by atoms with E-state index in [1.807, 2.05) is 58.0 Å². The number of allylic oxidation sites excluding steroid dienone is 1. The summed E-state index contributed by atoms with van der Waals surface area (Å²) in [5, 5.41) is 9.47. The Hall–Kier alpha value is -1.24. The van der Waals surface area contributed by atoms with Gasteiger partial charge >= 0.3 is 0 Å². The molecule has 1 nitrogen and oxygen atoms in total. The fraction of sp³-hybridized carbons (Fsp3) is 0.385. The van der Waals surface area contributed by atoms with Gasteiger partial charge in [-0.3, -0.25) is 0 Å². The zero-order chi connectivity index (χ0) is 11.0. The zero-order valence-corrected chi connectivity index (χ0v) is 9.54. The van der Waals surface area contributed by atoms with Crippen molar-refractivity contribution in [2.75, 3.05) is 0 Å². The van der Waals surface area contributed by atoms with Crippen molar-refractivity contribution in [1.29, 1.82) is 0 Å². The van der Waals surface area contributed by atoms with Gasteiger partial charge in [-0.25, -0.2) is 0 Å². The highest BCUT2D eigenvalue weighted by molar-refractivity contribution is 5.58. The van der Waals surface area contributed by atoms with E-state index in [0.717, 1.165) is 12.0 Å². The molecule has 0 saturated heterocycles. The average Bonchev–Trinajstić information content (AvgIpc) is 2.22. The summed E-state index contributed by atoms with van der Waals surface area (Å²) in [4.78, 5) is 0. The summed E-state index contributed by atoms with van der Waals surface area (Å²) >= 11 is 0. The maximum atomic E-state index is 9.47. The lowest BCUT2D eigenvalue weighted by atomic mass is 10.1. The molecule has 0 aliphatic heterocycles. The smallest absolute Gasteiger partial charge is 0.118 e. The van der Waals surface area contributed by atoms with Crippen molar-refractivity contribution in [2.45, 2.75) is 34.1 Å². The third-order valence-electron chi connectivity index (χ3n) is 1.74. The van der Waals surface area contributed by atoms with Crippen LogP contribution in [0.2, 0.25) is 0 Å². The minimum atomic E-state index is 0.373. The first-order chi connectivity index (χ1) is 6.74. The van der Waals surface area contributed by atoms with Crippen LogP contribution in [0.4, 0.5) is 0 Å². The molecule has 78 valence electrons. The van der Waals surface area contributed by atoms with Crippen LogP contribution >= 0.6 is 0 Å². The Morgan fingerprint density at radius 1 is 1.21 bits per heavy atom. The number of aliphatic hydroxyl groups excluding tert-OH is 1. The summed E-state index contributed by atoms with van der Waals surface area (Å²) < 4.78 is 0. The summed E-state index contributed by atoms with van der Waals surface area (Å²) in [6.45, 7) is 8.04. The van der Waals surface area contributed by atoms with Gasteiger partial charge in [-0.1, -0.05) is 50.6 Å². The molecule has 0 spiro atoms. The molecule has 0 saturated carbocycles. The molecule has 1 heteroatoms. The minimum Gasteiger partial charge on any atom is -0.508 e. The number of hydrogen-bond donors (Lipinski definition) is 1. The van der Waals surface area contributed by atoms with Gasteiger partial charge in [0.1, 0.15) is 5.76 Å². The highest BCUT2D eigenvalue weighted by Crippen LogP contribution is 2.12. The average molecular weight is 192 g/mol. The van der Waals surface area contributed by atoms with E-state index in [1.54, 1.807) is 0 Å². The largest absolute Gasteiger partial charge is 0.508 e. The third-order valence-corrected chi connectivity index (χ3v) is 1.74. The normalized spacial score (nSPS) is 10.4. The summed E-state index contributed by atoms with van der Waals surface area (Å²) in [6, 6.07) is 7.85. The standard InChI is InChI=1S/C11H14O.C2H6/c1-3-4-11(12)10-7-5-9(2)6-8-10;1-2/h4-8,12H,3H2,1-2H3;1-2H3/b11-4+;. The number of aliphatic hydroxyl groups is 1. The molecule has 1 aromatic carbocycles. The molecule has 0 atom stereocenters. The second kappa shape index (κ2) is 7.19. The van der Waals surface area contributed by atoms with E-state index in [0.29, 0.717) is 5.76 Å². The van der Waals surface area contributed by atoms with Crippen molar-refractivity contribution in [1.82, 2.24) is 0 Å². The second-order valence-electron chi connectivity index (χ2n) is 2.86. The van der Waals surface area contributed by atoms with Crippen LogP contribution in [0.15, 0.2) is 30.3 Å². The van der Waals surface area contributed by atoms with Gasteiger partial charge < -0.3 is 5.11 Å². The van der Waals surface area contributed by atoms with E-state index in [1.165, 1.54) is 5.56 Å². The van der Waals surface area contributed by atoms with E-state index < -0.39 is 0 Å². The van der Waals surface area contributed by atoms with Gasteiger partial charge in [0, 0.05) is 5.56 Å². The summed E-state index contributed by atoms with van der Waals surface area (Å²) in [6.07, 6.45) is 2.67. The van der Waals surface area contributed by atoms with Crippen molar-refractivity contribution >= 4 is 5.76 Å². The van der Waals surface area contributed by atoms with Gasteiger partial charge in [-0.2, -0.15) is 0 Å². The fourth-order valence-corrected chi connectivity index (χ4v) is 1.04. The van der Waals surface area contributed by atoms with Crippen molar-refractivity contribution in [2.24, 2.45) is 0 Å². The molecule has 0 amide bonds. The van der Waals surface area contributed by atoms with Gasteiger partial charge in [0.15, 0.2) is 0 Å². The second-order valence-corrected chi connectivity index (χ2v) is 2.86. The molecule has 14 heavy (non-hydrogen) atoms. The fourth-order valence-electron chi connectivity index (χ4n) is 1.04. The molecule has 0 aliphatic carbocycles. The number of hydrogen-bond acceptors (Lipinski definition) is 1. The van der Waals surface area contributed by atoms with Crippen LogP contribution in [-0.2, 0) is 0 Å². The topological polar surface area (TPSA) is 20.2 Å². The molecule has 0 radical (unpaired) electrons. The van der Waals surface area contributed by atoms with E-state index in [9.17, 15) is 5.11 Å². The molecule has 0 fully saturated rings. The predicted molar refractivity (Wildman–Crippen MR) is 63.4 cm³/mol. The maximum absolute atomic E-state index is 9.47. The lowest BCUT2D eigenvalue weighted by Gasteiger charge is -1.99. The number of aryl methyl sites for hydroxylation is 1. The van der Waals surface area contributed by atoms with Crippen LogP contribution < -0.4 is 0 Å². The molecule has 0 heterocycles. The van der Waals surface area contributed by atoms with Crippen molar-refractivity contribution in [3.63, 3.8) is 0 Å². The minimum absolute atomic E-state index is 0.373. The summed E-state index contributed by atoms with van der Waals surface area (Å²) in [5.74, 6) is 0.373. The van der Waals surface area contributed by atoms with E-state index >= 15 is 0 Å². The Balaban J connectivity index is 0.000000791. The quantitative estimate of drug-likeness (QED) is 0.691. The van der Waals surface area contributed by atoms with Crippen LogP contribution in [0.25, 0.3) is 5.76 Å². The summed E-state index contributed by atoms with van der Waals surface area (Å²) in [5.41, 5.74) is 2.10. The highest BCUT2D eigenvalue weighted by atomic mass is 16.3. The van der Waals surface area contributed by atoms with Crippen LogP contribution in [0.1, 0.15) is 38.3 Å². The Labute approximate surface area is 87.1 Å². The molecule has 0 unspecified atom stereocenters. The van der Waals surface area contributed by atoms with Crippen LogP contribution in [0.5, 0.6) is 0 Å². The van der Waals surface area contributed by atoms with E-state index in [2.05, 4.69) is 0 Å². The lowest BCUT2D eigenvalue weighted by molar-refractivity contribution is 0.509. The Morgan fingerprint density at radius 2 is 1.71 bits per heavy atom. The first-order valence-electron chi connectivity index (χ1n) is 5.20. The van der Waals surface area contributed by atoms with Gasteiger partial charge in [-0.15, -0.1) is 0 Å². The van der Waals surface area contributed by atoms with Gasteiger partial charge in [0.2, 0.25) is 0 Å². The predicted octanol–water partition coefficient (Wildman–Crippen LogP) is 4.33. The Bertz CT molecular complexity index is 270. The van der Waals surface area contributed by atoms with Crippen molar-refractivity contribution in [3.8, 4) is 0 Å². The maximum Gasteiger partial charge on any atom is 0.118 e. The molecule has 0 aliphatic rings. The SMILES string of the molecule is CC.CC/C=C(/O)c1ccc(C)cc1. The van der Waals surface area contributed by atoms with Crippen molar-refractivity contribution in [3.05, 3.63) is 41.5 Å². The Morgan fingerprint density at radius 3 is 2.14 bits per heavy atom. The summed E-state index contributed by atoms with van der Waals surface area (Å²) in [7, 11) is 0. The number of benzene rings is 1. The molecule has 0 bridgehead atoms. The van der Waals surface area contributed by atoms with Crippen molar-refractivity contribution < 1.29 is 5.11 Å². The van der Waals surface area contributed by atoms with Gasteiger partial charge in [-0.05, 0) is 19.4 Å². The first-order valence-corrected chi connectivity index (χ1v) is 5.20. The van der Waals surface area contributed by atoms with Crippen LogP contribution in [-0.4, -0.2) is 5.11 Å². The molecule has 1 aromatic rings.